The van der Waals surface area contributed by atoms with E-state index in [1.165, 1.54) is 12.1 Å². The lowest BCUT2D eigenvalue weighted by Gasteiger charge is -2.24. The molecule has 1 fully saturated rings. The number of nitrogens with zero attached hydrogens (tertiary/aromatic N) is 1. The van der Waals surface area contributed by atoms with Crippen LogP contribution in [0.4, 0.5) is 4.39 Å². The molecule has 2 rings (SSSR count). The second-order valence-corrected chi connectivity index (χ2v) is 4.89. The first-order chi connectivity index (χ1) is 9.72. The summed E-state index contributed by atoms with van der Waals surface area (Å²) in [5.41, 5.74) is 0.783. The lowest BCUT2D eigenvalue weighted by molar-refractivity contribution is -0.128. The zero-order valence-electron chi connectivity index (χ0n) is 11.8. The van der Waals surface area contributed by atoms with E-state index >= 15 is 0 Å². The summed E-state index contributed by atoms with van der Waals surface area (Å²) in [5.74, 6) is -0.232. The zero-order valence-corrected chi connectivity index (χ0v) is 11.8. The molecule has 4 nitrogen and oxygen atoms in total. The van der Waals surface area contributed by atoms with Gasteiger partial charge in [0, 0.05) is 19.8 Å². The predicted molar refractivity (Wildman–Crippen MR) is 74.6 cm³/mol. The summed E-state index contributed by atoms with van der Waals surface area (Å²) in [6.07, 6.45) is 1.55. The number of hydrogen-bond donors (Lipinski definition) is 1. The number of ether oxygens (including phenoxy) is 1. The molecule has 0 bridgehead atoms. The molecule has 1 saturated heterocycles. The number of carbonyl (C=O) groups is 1. The Morgan fingerprint density at radius 1 is 1.45 bits per heavy atom. The number of halogens is 1. The van der Waals surface area contributed by atoms with Gasteiger partial charge in [-0.1, -0.05) is 19.1 Å². The molecule has 1 N–H and O–H groups in total. The first kappa shape index (κ1) is 14.9. The van der Waals surface area contributed by atoms with Gasteiger partial charge in [0.2, 0.25) is 5.91 Å². The van der Waals surface area contributed by atoms with E-state index in [1.807, 2.05) is 6.07 Å². The van der Waals surface area contributed by atoms with Crippen molar-refractivity contribution in [1.29, 1.82) is 0 Å². The Morgan fingerprint density at radius 3 is 3.05 bits per heavy atom. The molecule has 1 amide bonds. The Hall–Kier alpha value is -1.46. The van der Waals surface area contributed by atoms with Crippen molar-refractivity contribution in [2.75, 3.05) is 26.3 Å². The molecular weight excluding hydrogens is 259 g/mol. The van der Waals surface area contributed by atoms with Gasteiger partial charge < -0.3 is 9.64 Å². The van der Waals surface area contributed by atoms with E-state index in [9.17, 15) is 9.18 Å². The van der Waals surface area contributed by atoms with Crippen molar-refractivity contribution in [1.82, 2.24) is 10.2 Å². The number of benzene rings is 1. The fourth-order valence-corrected chi connectivity index (χ4v) is 2.35. The van der Waals surface area contributed by atoms with Crippen LogP contribution < -0.4 is 5.32 Å². The van der Waals surface area contributed by atoms with E-state index in [1.54, 1.807) is 11.0 Å². The third-order valence-corrected chi connectivity index (χ3v) is 3.28. The highest BCUT2D eigenvalue weighted by Crippen LogP contribution is 2.23. The van der Waals surface area contributed by atoms with E-state index in [-0.39, 0.29) is 17.9 Å². The number of carbonyl (C=O) groups excluding carboxylic acids is 1. The Balaban J connectivity index is 1.93. The molecule has 1 unspecified atom stereocenters. The zero-order chi connectivity index (χ0) is 14.4. The number of nitrogens with one attached hydrogen (secondary N) is 1. The second kappa shape index (κ2) is 7.36. The van der Waals surface area contributed by atoms with E-state index in [4.69, 9.17) is 4.74 Å². The van der Waals surface area contributed by atoms with Gasteiger partial charge in [-0.15, -0.1) is 0 Å². The normalized spacial score (nSPS) is 18.8. The summed E-state index contributed by atoms with van der Waals surface area (Å²) in [6, 6.07) is 6.37. The molecule has 1 heterocycles. The van der Waals surface area contributed by atoms with Crippen molar-refractivity contribution in [3.8, 4) is 0 Å². The topological polar surface area (TPSA) is 41.6 Å². The van der Waals surface area contributed by atoms with Crippen molar-refractivity contribution in [2.24, 2.45) is 0 Å². The summed E-state index contributed by atoms with van der Waals surface area (Å²) in [5, 5.41) is 3.12. The van der Waals surface area contributed by atoms with Crippen LogP contribution in [0, 0.1) is 5.82 Å². The van der Waals surface area contributed by atoms with Gasteiger partial charge in [-0.2, -0.15) is 0 Å². The largest absolute Gasteiger partial charge is 0.381 e. The standard InChI is InChI=1S/C15H21FN2O2/c1-2-8-20-9-4-7-18-14(19)11-17-15(18)12-5-3-6-13(16)10-12/h3,5-6,10,15,17H,2,4,7-9,11H2,1H3. The molecule has 0 saturated carbocycles. The Bertz CT molecular complexity index is 453. The summed E-state index contributed by atoms with van der Waals surface area (Å²) in [6.45, 7) is 4.38. The molecule has 1 aromatic rings. The van der Waals surface area contributed by atoms with Crippen molar-refractivity contribution in [3.05, 3.63) is 35.6 Å². The maximum Gasteiger partial charge on any atom is 0.238 e. The highest BCUT2D eigenvalue weighted by atomic mass is 19.1. The SMILES string of the molecule is CCCOCCCN1C(=O)CNC1c1cccc(F)c1. The molecule has 1 aliphatic rings. The smallest absolute Gasteiger partial charge is 0.238 e. The van der Waals surface area contributed by atoms with Gasteiger partial charge in [-0.25, -0.2) is 4.39 Å². The first-order valence-corrected chi connectivity index (χ1v) is 7.08. The van der Waals surface area contributed by atoms with Crippen LogP contribution in [0.25, 0.3) is 0 Å². The van der Waals surface area contributed by atoms with Gasteiger partial charge in [-0.3, -0.25) is 10.1 Å². The molecule has 20 heavy (non-hydrogen) atoms. The van der Waals surface area contributed by atoms with Crippen LogP contribution in [0.3, 0.4) is 0 Å². The second-order valence-electron chi connectivity index (χ2n) is 4.89. The third kappa shape index (κ3) is 3.77. The summed E-state index contributed by atoms with van der Waals surface area (Å²) in [4.78, 5) is 13.6. The van der Waals surface area contributed by atoms with Gasteiger partial charge in [0.15, 0.2) is 0 Å². The predicted octanol–water partition coefficient (Wildman–Crippen LogP) is 2.07. The van der Waals surface area contributed by atoms with Crippen LogP contribution >= 0.6 is 0 Å². The van der Waals surface area contributed by atoms with Crippen molar-refractivity contribution in [3.63, 3.8) is 0 Å². The molecule has 0 radical (unpaired) electrons. The van der Waals surface area contributed by atoms with Crippen molar-refractivity contribution < 1.29 is 13.9 Å². The minimum absolute atomic E-state index is 0.0507. The van der Waals surface area contributed by atoms with E-state index in [0.717, 1.165) is 25.0 Å². The minimum Gasteiger partial charge on any atom is -0.381 e. The van der Waals surface area contributed by atoms with Crippen LogP contribution in [0.15, 0.2) is 24.3 Å². The number of hydrogen-bond acceptors (Lipinski definition) is 3. The van der Waals surface area contributed by atoms with Crippen molar-refractivity contribution in [2.45, 2.75) is 25.9 Å². The molecule has 1 atom stereocenters. The Morgan fingerprint density at radius 2 is 2.30 bits per heavy atom. The van der Waals surface area contributed by atoms with Gasteiger partial charge in [0.1, 0.15) is 12.0 Å². The van der Waals surface area contributed by atoms with Gasteiger partial charge in [0.05, 0.1) is 6.54 Å². The summed E-state index contributed by atoms with van der Waals surface area (Å²) < 4.78 is 18.7. The third-order valence-electron chi connectivity index (χ3n) is 3.28. The summed E-state index contributed by atoms with van der Waals surface area (Å²) in [7, 11) is 0. The maximum absolute atomic E-state index is 13.3. The van der Waals surface area contributed by atoms with Crippen LogP contribution in [0.5, 0.6) is 0 Å². The van der Waals surface area contributed by atoms with Crippen LogP contribution in [-0.2, 0) is 9.53 Å². The van der Waals surface area contributed by atoms with E-state index in [0.29, 0.717) is 19.7 Å². The molecule has 1 aromatic carbocycles. The monoisotopic (exact) mass is 280 g/mol. The van der Waals surface area contributed by atoms with Crippen LogP contribution in [0.2, 0.25) is 0 Å². The molecule has 0 aliphatic carbocycles. The molecule has 5 heteroatoms. The van der Waals surface area contributed by atoms with Crippen molar-refractivity contribution >= 4 is 5.91 Å². The molecule has 0 spiro atoms. The minimum atomic E-state index is -0.283. The van der Waals surface area contributed by atoms with Crippen LogP contribution in [0.1, 0.15) is 31.5 Å². The fourth-order valence-electron chi connectivity index (χ4n) is 2.35. The average molecular weight is 280 g/mol. The number of amides is 1. The summed E-state index contributed by atoms with van der Waals surface area (Å²) >= 11 is 0. The van der Waals surface area contributed by atoms with E-state index in [2.05, 4.69) is 12.2 Å². The Kier molecular flexibility index (Phi) is 5.49. The average Bonchev–Trinajstić information content (AvgIpc) is 2.80. The van der Waals surface area contributed by atoms with E-state index < -0.39 is 0 Å². The molecule has 1 aliphatic heterocycles. The molecule has 0 aromatic heterocycles. The highest BCUT2D eigenvalue weighted by molar-refractivity contribution is 5.80. The highest BCUT2D eigenvalue weighted by Gasteiger charge is 2.31. The van der Waals surface area contributed by atoms with Gasteiger partial charge in [-0.05, 0) is 30.5 Å². The van der Waals surface area contributed by atoms with Gasteiger partial charge in [0.25, 0.3) is 0 Å². The maximum atomic E-state index is 13.3. The van der Waals surface area contributed by atoms with Crippen LogP contribution in [-0.4, -0.2) is 37.1 Å². The fraction of sp³-hybridized carbons (Fsp3) is 0.533. The quantitative estimate of drug-likeness (QED) is 0.777. The lowest BCUT2D eigenvalue weighted by atomic mass is 10.1. The number of rotatable bonds is 7. The lowest BCUT2D eigenvalue weighted by Crippen LogP contribution is -2.31. The first-order valence-electron chi connectivity index (χ1n) is 7.08. The molecule has 110 valence electrons. The molecular formula is C15H21FN2O2. The Labute approximate surface area is 118 Å². The van der Waals surface area contributed by atoms with Gasteiger partial charge >= 0.3 is 0 Å².